The number of rotatable bonds is 2. The van der Waals surface area contributed by atoms with Gasteiger partial charge in [0, 0.05) is 9.75 Å². The van der Waals surface area contributed by atoms with Gasteiger partial charge in [0.25, 0.3) is 0 Å². The highest BCUT2D eigenvalue weighted by atomic mass is 32.1. The van der Waals surface area contributed by atoms with E-state index in [1.807, 2.05) is 19.1 Å². The molecule has 1 rings (SSSR count). The number of aryl methyl sites for hydroxylation is 1. The Hall–Kier alpha value is -0.380. The second kappa shape index (κ2) is 3.14. The van der Waals surface area contributed by atoms with Crippen LogP contribution in [0.25, 0.3) is 0 Å². The lowest BCUT2D eigenvalue weighted by molar-refractivity contribution is 0.135. The lowest BCUT2D eigenvalue weighted by Gasteiger charge is -2.03. The van der Waals surface area contributed by atoms with Crippen LogP contribution in [-0.2, 0) is 0 Å². The van der Waals surface area contributed by atoms with E-state index in [2.05, 4.69) is 12.4 Å². The number of hydrogen-bond donors (Lipinski definition) is 2. The Labute approximate surface area is 64.5 Å². The number of nitrogens with one attached hydrogen (secondary N) is 1. The van der Waals surface area contributed by atoms with Crippen LogP contribution in [0.4, 0.5) is 0 Å². The van der Waals surface area contributed by atoms with Crippen molar-refractivity contribution in [2.75, 3.05) is 0 Å². The fourth-order valence-corrected chi connectivity index (χ4v) is 1.62. The van der Waals surface area contributed by atoms with Crippen LogP contribution in [0, 0.1) is 6.92 Å². The molecule has 10 heavy (non-hydrogen) atoms. The van der Waals surface area contributed by atoms with Crippen molar-refractivity contribution in [1.82, 2.24) is 5.48 Å². The van der Waals surface area contributed by atoms with Gasteiger partial charge in [0.1, 0.15) is 0 Å². The highest BCUT2D eigenvalue weighted by Gasteiger charge is 2.03. The van der Waals surface area contributed by atoms with E-state index in [0.29, 0.717) is 0 Å². The van der Waals surface area contributed by atoms with Crippen LogP contribution >= 0.6 is 11.3 Å². The second-order valence-corrected chi connectivity index (χ2v) is 3.62. The predicted molar refractivity (Wildman–Crippen MR) is 42.4 cm³/mol. The molecule has 0 amide bonds. The summed E-state index contributed by atoms with van der Waals surface area (Å²) in [5.74, 6) is 0. The molecule has 2 nitrogen and oxygen atoms in total. The summed E-state index contributed by atoms with van der Waals surface area (Å²) in [6.07, 6.45) is 0. The van der Waals surface area contributed by atoms with Crippen molar-refractivity contribution < 1.29 is 5.21 Å². The minimum atomic E-state index is 0.0544. The molecule has 0 saturated carbocycles. The van der Waals surface area contributed by atoms with Crippen LogP contribution in [0.2, 0.25) is 0 Å². The highest BCUT2D eigenvalue weighted by molar-refractivity contribution is 7.12. The summed E-state index contributed by atoms with van der Waals surface area (Å²) in [6, 6.07) is 4.13. The summed E-state index contributed by atoms with van der Waals surface area (Å²) in [5.41, 5.74) is 2.20. The molecule has 0 aliphatic rings. The highest BCUT2D eigenvalue weighted by Crippen LogP contribution is 2.21. The summed E-state index contributed by atoms with van der Waals surface area (Å²) < 4.78 is 0. The van der Waals surface area contributed by atoms with Gasteiger partial charge in [-0.25, -0.2) is 0 Å². The molecule has 0 aliphatic heterocycles. The molecule has 56 valence electrons. The maximum Gasteiger partial charge on any atom is 0.0634 e. The molecular formula is C7H11NOS. The van der Waals surface area contributed by atoms with E-state index in [0.717, 1.165) is 0 Å². The first-order chi connectivity index (χ1) is 4.74. The van der Waals surface area contributed by atoms with Crippen LogP contribution in [0.5, 0.6) is 0 Å². The fraction of sp³-hybridized carbons (Fsp3) is 0.429. The fourth-order valence-electron chi connectivity index (χ4n) is 0.750. The zero-order valence-corrected chi connectivity index (χ0v) is 6.90. The van der Waals surface area contributed by atoms with Crippen LogP contribution in [0.15, 0.2) is 12.1 Å². The molecule has 0 spiro atoms. The van der Waals surface area contributed by atoms with Crippen molar-refractivity contribution in [3.05, 3.63) is 21.9 Å². The van der Waals surface area contributed by atoms with E-state index in [1.54, 1.807) is 11.3 Å². The standard InChI is InChI=1S/C7H11NOS/c1-5-3-4-7(10-5)6(2)8-9/h3-4,6,8-9H,1-2H3. The summed E-state index contributed by atoms with van der Waals surface area (Å²) in [6.45, 7) is 3.98. The largest absolute Gasteiger partial charge is 0.316 e. The quantitative estimate of drug-likeness (QED) is 0.644. The van der Waals surface area contributed by atoms with Crippen molar-refractivity contribution in [2.24, 2.45) is 0 Å². The zero-order valence-electron chi connectivity index (χ0n) is 6.09. The lowest BCUT2D eigenvalue weighted by Crippen LogP contribution is -2.11. The molecule has 1 aromatic rings. The Balaban J connectivity index is 2.74. The summed E-state index contributed by atoms with van der Waals surface area (Å²) in [5, 5.41) is 8.55. The molecule has 1 unspecified atom stereocenters. The average molecular weight is 157 g/mol. The second-order valence-electron chi connectivity index (χ2n) is 2.30. The van der Waals surface area contributed by atoms with E-state index in [1.165, 1.54) is 9.75 Å². The van der Waals surface area contributed by atoms with Gasteiger partial charge in [0.15, 0.2) is 0 Å². The monoisotopic (exact) mass is 157 g/mol. The Morgan fingerprint density at radius 3 is 2.70 bits per heavy atom. The summed E-state index contributed by atoms with van der Waals surface area (Å²) >= 11 is 1.70. The number of hydrogen-bond acceptors (Lipinski definition) is 3. The first-order valence-electron chi connectivity index (χ1n) is 3.20. The maximum atomic E-state index is 8.55. The van der Waals surface area contributed by atoms with Crippen molar-refractivity contribution in [3.63, 3.8) is 0 Å². The van der Waals surface area contributed by atoms with Gasteiger partial charge >= 0.3 is 0 Å². The molecule has 1 atom stereocenters. The van der Waals surface area contributed by atoms with E-state index in [4.69, 9.17) is 5.21 Å². The molecule has 1 heterocycles. The van der Waals surface area contributed by atoms with Crippen LogP contribution in [0.3, 0.4) is 0 Å². The molecule has 0 radical (unpaired) electrons. The van der Waals surface area contributed by atoms with Crippen LogP contribution in [-0.4, -0.2) is 5.21 Å². The van der Waals surface area contributed by atoms with Crippen molar-refractivity contribution >= 4 is 11.3 Å². The molecule has 0 aromatic carbocycles. The SMILES string of the molecule is Cc1ccc(C(C)NO)s1. The third-order valence-electron chi connectivity index (χ3n) is 1.38. The third kappa shape index (κ3) is 1.56. The van der Waals surface area contributed by atoms with Crippen molar-refractivity contribution in [3.8, 4) is 0 Å². The minimum absolute atomic E-state index is 0.0544. The topological polar surface area (TPSA) is 32.3 Å². The van der Waals surface area contributed by atoms with Gasteiger partial charge in [0.05, 0.1) is 6.04 Å². The average Bonchev–Trinajstić information content (AvgIpc) is 2.34. The molecule has 0 aliphatic carbocycles. The van der Waals surface area contributed by atoms with Gasteiger partial charge in [-0.2, -0.15) is 5.48 Å². The Morgan fingerprint density at radius 1 is 1.60 bits per heavy atom. The van der Waals surface area contributed by atoms with Crippen LogP contribution in [0.1, 0.15) is 22.7 Å². The molecule has 1 aromatic heterocycles. The number of thiophene rings is 1. The first kappa shape index (κ1) is 7.72. The third-order valence-corrected chi connectivity index (χ3v) is 2.56. The summed E-state index contributed by atoms with van der Waals surface area (Å²) in [4.78, 5) is 2.44. The van der Waals surface area contributed by atoms with Gasteiger partial charge in [-0.1, -0.05) is 0 Å². The lowest BCUT2D eigenvalue weighted by atomic mass is 10.3. The maximum absolute atomic E-state index is 8.55. The summed E-state index contributed by atoms with van der Waals surface area (Å²) in [7, 11) is 0. The van der Waals surface area contributed by atoms with E-state index in [-0.39, 0.29) is 6.04 Å². The van der Waals surface area contributed by atoms with Gasteiger partial charge in [-0.3, -0.25) is 0 Å². The van der Waals surface area contributed by atoms with E-state index >= 15 is 0 Å². The van der Waals surface area contributed by atoms with E-state index < -0.39 is 0 Å². The molecule has 0 saturated heterocycles. The molecule has 2 N–H and O–H groups in total. The predicted octanol–water partition coefficient (Wildman–Crippen LogP) is 2.10. The molecule has 0 bridgehead atoms. The van der Waals surface area contributed by atoms with Crippen molar-refractivity contribution in [1.29, 1.82) is 0 Å². The van der Waals surface area contributed by atoms with Gasteiger partial charge in [0.2, 0.25) is 0 Å². The Bertz CT molecular complexity index is 209. The first-order valence-corrected chi connectivity index (χ1v) is 4.01. The molecule has 3 heteroatoms. The smallest absolute Gasteiger partial charge is 0.0634 e. The van der Waals surface area contributed by atoms with Crippen molar-refractivity contribution in [2.45, 2.75) is 19.9 Å². The van der Waals surface area contributed by atoms with Gasteiger partial charge in [-0.05, 0) is 26.0 Å². The normalized spacial score (nSPS) is 13.5. The molecule has 0 fully saturated rings. The number of hydroxylamine groups is 1. The molecular weight excluding hydrogens is 146 g/mol. The zero-order chi connectivity index (χ0) is 7.56. The van der Waals surface area contributed by atoms with E-state index in [9.17, 15) is 0 Å². The Kier molecular flexibility index (Phi) is 2.43. The van der Waals surface area contributed by atoms with Crippen LogP contribution < -0.4 is 5.48 Å². The van der Waals surface area contributed by atoms with Gasteiger partial charge < -0.3 is 5.21 Å². The minimum Gasteiger partial charge on any atom is -0.316 e. The van der Waals surface area contributed by atoms with Gasteiger partial charge in [-0.15, -0.1) is 11.3 Å². The Morgan fingerprint density at radius 2 is 2.30 bits per heavy atom.